The lowest BCUT2D eigenvalue weighted by atomic mass is 10.0. The molecule has 1 aliphatic heterocycles. The minimum absolute atomic E-state index is 0.135. The molecule has 0 radical (unpaired) electrons. The van der Waals surface area contributed by atoms with E-state index in [1.165, 1.54) is 19.3 Å². The van der Waals surface area contributed by atoms with Gasteiger partial charge in [-0.1, -0.05) is 6.42 Å². The zero-order valence-corrected chi connectivity index (χ0v) is 13.0. The summed E-state index contributed by atoms with van der Waals surface area (Å²) in [6, 6.07) is 0.472. The van der Waals surface area contributed by atoms with Gasteiger partial charge in [-0.05, 0) is 46.2 Å². The fourth-order valence-electron chi connectivity index (χ4n) is 3.68. The highest BCUT2D eigenvalue weighted by molar-refractivity contribution is 5.78. The van der Waals surface area contributed by atoms with Crippen LogP contribution in [0.1, 0.15) is 33.1 Å². The highest BCUT2D eigenvalue weighted by Gasteiger charge is 2.32. The molecule has 0 bridgehead atoms. The van der Waals surface area contributed by atoms with E-state index in [9.17, 15) is 4.79 Å². The molecule has 0 aromatic heterocycles. The van der Waals surface area contributed by atoms with Crippen molar-refractivity contribution in [1.82, 2.24) is 9.80 Å². The molecule has 0 spiro atoms. The van der Waals surface area contributed by atoms with Gasteiger partial charge in [0.25, 0.3) is 0 Å². The summed E-state index contributed by atoms with van der Waals surface area (Å²) in [6.07, 6.45) is 3.87. The van der Waals surface area contributed by atoms with Gasteiger partial charge >= 0.3 is 0 Å². The van der Waals surface area contributed by atoms with E-state index in [0.29, 0.717) is 31.6 Å². The lowest BCUT2D eigenvalue weighted by Gasteiger charge is -2.37. The summed E-state index contributed by atoms with van der Waals surface area (Å²) in [5.74, 6) is 0.771. The molecule has 5 heteroatoms. The number of nitrogens with zero attached hydrogens (tertiary/aromatic N) is 2. The summed E-state index contributed by atoms with van der Waals surface area (Å²) in [5.41, 5.74) is 5.83. The predicted octanol–water partition coefficient (Wildman–Crippen LogP) is 0.681. The fourth-order valence-corrected chi connectivity index (χ4v) is 3.68. The number of hydrogen-bond acceptors (Lipinski definition) is 4. The van der Waals surface area contributed by atoms with Gasteiger partial charge in [-0.25, -0.2) is 0 Å². The second-order valence-corrected chi connectivity index (χ2v) is 6.47. The lowest BCUT2D eigenvalue weighted by molar-refractivity contribution is -0.144. The molecule has 2 aliphatic rings. The first-order valence-electron chi connectivity index (χ1n) is 7.84. The third-order valence-corrected chi connectivity index (χ3v) is 4.64. The molecule has 0 aromatic rings. The maximum atomic E-state index is 12.4. The molecule has 1 amide bonds. The highest BCUT2D eigenvalue weighted by Crippen LogP contribution is 2.28. The van der Waals surface area contributed by atoms with Crippen molar-refractivity contribution in [2.45, 2.75) is 51.4 Å². The van der Waals surface area contributed by atoms with Crippen LogP contribution in [-0.4, -0.2) is 67.2 Å². The molecule has 2 fully saturated rings. The molecule has 20 heavy (non-hydrogen) atoms. The zero-order chi connectivity index (χ0) is 14.7. The second-order valence-electron chi connectivity index (χ2n) is 6.47. The predicted molar refractivity (Wildman–Crippen MR) is 79.4 cm³/mol. The van der Waals surface area contributed by atoms with E-state index in [0.717, 1.165) is 6.54 Å². The number of morpholine rings is 1. The molecule has 2 rings (SSSR count). The molecule has 4 unspecified atom stereocenters. The molecule has 1 saturated heterocycles. The minimum atomic E-state index is 0.135. The van der Waals surface area contributed by atoms with Crippen LogP contribution < -0.4 is 5.73 Å². The Hall–Kier alpha value is -0.650. The number of hydrogen-bond donors (Lipinski definition) is 1. The van der Waals surface area contributed by atoms with Crippen LogP contribution in [0.15, 0.2) is 0 Å². The Morgan fingerprint density at radius 1 is 1.30 bits per heavy atom. The topological polar surface area (TPSA) is 58.8 Å². The quantitative estimate of drug-likeness (QED) is 0.824. The first kappa shape index (κ1) is 15.7. The van der Waals surface area contributed by atoms with Gasteiger partial charge < -0.3 is 15.4 Å². The number of likely N-dealkylation sites (N-methyl/N-ethyl adjacent to an activating group) is 1. The molecule has 0 aromatic carbocycles. The van der Waals surface area contributed by atoms with E-state index in [1.54, 1.807) is 0 Å². The van der Waals surface area contributed by atoms with Gasteiger partial charge in [-0.15, -0.1) is 0 Å². The minimum Gasteiger partial charge on any atom is -0.372 e. The van der Waals surface area contributed by atoms with Gasteiger partial charge in [0, 0.05) is 19.1 Å². The van der Waals surface area contributed by atoms with Crippen LogP contribution in [0.25, 0.3) is 0 Å². The van der Waals surface area contributed by atoms with Crippen LogP contribution in [0.5, 0.6) is 0 Å². The first-order chi connectivity index (χ1) is 9.51. The van der Waals surface area contributed by atoms with Gasteiger partial charge in [0.05, 0.1) is 18.8 Å². The smallest absolute Gasteiger partial charge is 0.236 e. The molecule has 4 atom stereocenters. The molecule has 5 nitrogen and oxygen atoms in total. The Morgan fingerprint density at radius 3 is 2.55 bits per heavy atom. The van der Waals surface area contributed by atoms with Crippen LogP contribution in [0.3, 0.4) is 0 Å². The number of carbonyl (C=O) groups excluding carboxylic acids is 1. The Morgan fingerprint density at radius 2 is 1.95 bits per heavy atom. The Bertz CT molecular complexity index is 327. The average Bonchev–Trinajstić information content (AvgIpc) is 2.85. The van der Waals surface area contributed by atoms with E-state index >= 15 is 0 Å². The molecular formula is C15H29N3O2. The second kappa shape index (κ2) is 6.87. The van der Waals surface area contributed by atoms with E-state index in [1.807, 2.05) is 18.7 Å². The third kappa shape index (κ3) is 3.71. The standard InChI is InChI=1S/C15H29N3O2/c1-11-8-18(9-12(2)20-11)15(19)10-17(3)14-6-4-5-13(14)7-16/h11-14H,4-10,16H2,1-3H3. The summed E-state index contributed by atoms with van der Waals surface area (Å²) in [5, 5.41) is 0. The number of carbonyl (C=O) groups is 1. The number of amides is 1. The first-order valence-corrected chi connectivity index (χ1v) is 7.84. The zero-order valence-electron chi connectivity index (χ0n) is 13.0. The molecular weight excluding hydrogens is 254 g/mol. The molecule has 1 saturated carbocycles. The van der Waals surface area contributed by atoms with Crippen molar-refractivity contribution in [2.24, 2.45) is 11.7 Å². The van der Waals surface area contributed by atoms with Gasteiger partial charge in [-0.2, -0.15) is 0 Å². The van der Waals surface area contributed by atoms with Crippen LogP contribution in [0.2, 0.25) is 0 Å². The Labute approximate surface area is 122 Å². The van der Waals surface area contributed by atoms with Crippen LogP contribution in [-0.2, 0) is 9.53 Å². The normalized spacial score (nSPS) is 34.8. The highest BCUT2D eigenvalue weighted by atomic mass is 16.5. The van der Waals surface area contributed by atoms with Crippen molar-refractivity contribution in [1.29, 1.82) is 0 Å². The van der Waals surface area contributed by atoms with Gasteiger partial charge in [0.1, 0.15) is 0 Å². The largest absolute Gasteiger partial charge is 0.372 e. The maximum absolute atomic E-state index is 12.4. The number of rotatable bonds is 4. The van der Waals surface area contributed by atoms with Crippen molar-refractivity contribution in [3.8, 4) is 0 Å². The maximum Gasteiger partial charge on any atom is 0.236 e. The molecule has 116 valence electrons. The summed E-state index contributed by atoms with van der Waals surface area (Å²) >= 11 is 0. The van der Waals surface area contributed by atoms with Gasteiger partial charge in [0.15, 0.2) is 0 Å². The van der Waals surface area contributed by atoms with Crippen LogP contribution >= 0.6 is 0 Å². The van der Waals surface area contributed by atoms with Crippen LogP contribution in [0.4, 0.5) is 0 Å². The molecule has 1 aliphatic carbocycles. The Balaban J connectivity index is 1.87. The van der Waals surface area contributed by atoms with Crippen molar-refractivity contribution in [3.05, 3.63) is 0 Å². The van der Waals surface area contributed by atoms with Gasteiger partial charge in [0.2, 0.25) is 5.91 Å². The van der Waals surface area contributed by atoms with E-state index in [4.69, 9.17) is 10.5 Å². The average molecular weight is 283 g/mol. The fraction of sp³-hybridized carbons (Fsp3) is 0.933. The molecule has 1 heterocycles. The molecule has 2 N–H and O–H groups in total. The third-order valence-electron chi connectivity index (χ3n) is 4.64. The van der Waals surface area contributed by atoms with Crippen molar-refractivity contribution < 1.29 is 9.53 Å². The van der Waals surface area contributed by atoms with E-state index < -0.39 is 0 Å². The summed E-state index contributed by atoms with van der Waals surface area (Å²) in [4.78, 5) is 16.6. The van der Waals surface area contributed by atoms with Gasteiger partial charge in [-0.3, -0.25) is 9.69 Å². The summed E-state index contributed by atoms with van der Waals surface area (Å²) in [6.45, 7) is 6.71. The van der Waals surface area contributed by atoms with E-state index in [2.05, 4.69) is 11.9 Å². The monoisotopic (exact) mass is 283 g/mol. The summed E-state index contributed by atoms with van der Waals surface area (Å²) in [7, 11) is 2.06. The SMILES string of the molecule is CC1CN(C(=O)CN(C)C2CCCC2CN)CC(C)O1. The van der Waals surface area contributed by atoms with Crippen LogP contribution in [0, 0.1) is 5.92 Å². The Kier molecular flexibility index (Phi) is 5.41. The van der Waals surface area contributed by atoms with Crippen molar-refractivity contribution in [3.63, 3.8) is 0 Å². The van der Waals surface area contributed by atoms with E-state index in [-0.39, 0.29) is 18.1 Å². The lowest BCUT2D eigenvalue weighted by Crippen LogP contribution is -2.52. The number of ether oxygens (including phenoxy) is 1. The van der Waals surface area contributed by atoms with Crippen molar-refractivity contribution >= 4 is 5.91 Å². The number of nitrogens with two attached hydrogens (primary N) is 1. The van der Waals surface area contributed by atoms with Crippen molar-refractivity contribution in [2.75, 3.05) is 33.2 Å². The summed E-state index contributed by atoms with van der Waals surface area (Å²) < 4.78 is 5.68.